The van der Waals surface area contributed by atoms with E-state index in [1.807, 2.05) is 54.3 Å². The Morgan fingerprint density at radius 1 is 1.11 bits per heavy atom. The Hall–Kier alpha value is -3.28. The summed E-state index contributed by atoms with van der Waals surface area (Å²) in [7, 11) is 3.15. The van der Waals surface area contributed by atoms with E-state index in [1.54, 1.807) is 26.4 Å². The maximum Gasteiger partial charge on any atom is 0.251 e. The zero-order chi connectivity index (χ0) is 19.2. The van der Waals surface area contributed by atoms with Gasteiger partial charge in [-0.15, -0.1) is 0 Å². The van der Waals surface area contributed by atoms with Crippen LogP contribution in [0.5, 0.6) is 11.5 Å². The van der Waals surface area contributed by atoms with E-state index in [-0.39, 0.29) is 5.91 Å². The first-order valence-electron chi connectivity index (χ1n) is 8.72. The molecule has 0 bridgehead atoms. The molecule has 0 radical (unpaired) electrons. The molecule has 0 aliphatic heterocycles. The smallest absolute Gasteiger partial charge is 0.251 e. The molecule has 0 unspecified atom stereocenters. The first-order valence-corrected chi connectivity index (χ1v) is 8.72. The summed E-state index contributed by atoms with van der Waals surface area (Å²) < 4.78 is 12.5. The van der Waals surface area contributed by atoms with E-state index in [1.165, 1.54) is 0 Å². The molecule has 1 amide bonds. The van der Waals surface area contributed by atoms with Crippen molar-refractivity contribution in [3.8, 4) is 17.2 Å². The molecule has 3 rings (SSSR count). The van der Waals surface area contributed by atoms with Gasteiger partial charge in [0, 0.05) is 23.9 Å². The van der Waals surface area contributed by atoms with Crippen LogP contribution in [0.25, 0.3) is 5.69 Å². The van der Waals surface area contributed by atoms with Gasteiger partial charge in [0.1, 0.15) is 11.5 Å². The third-order valence-corrected chi connectivity index (χ3v) is 4.37. The lowest BCUT2D eigenvalue weighted by Gasteiger charge is -2.12. The van der Waals surface area contributed by atoms with Crippen molar-refractivity contribution in [1.29, 1.82) is 0 Å². The van der Waals surface area contributed by atoms with Crippen LogP contribution in [-0.2, 0) is 6.42 Å². The van der Waals surface area contributed by atoms with Gasteiger partial charge < -0.3 is 14.8 Å². The normalized spacial score (nSPS) is 10.5. The maximum atomic E-state index is 12.5. The summed E-state index contributed by atoms with van der Waals surface area (Å²) in [5.41, 5.74) is 3.43. The minimum absolute atomic E-state index is 0.165. The van der Waals surface area contributed by atoms with Crippen LogP contribution in [0.1, 0.15) is 21.5 Å². The lowest BCUT2D eigenvalue weighted by Crippen LogP contribution is -2.25. The number of nitrogens with one attached hydrogen (secondary N) is 1. The number of hydrogen-bond acceptors (Lipinski definition) is 4. The molecule has 0 aliphatic carbocycles. The van der Waals surface area contributed by atoms with Gasteiger partial charge in [0.05, 0.1) is 26.1 Å². The van der Waals surface area contributed by atoms with Crippen molar-refractivity contribution >= 4 is 5.91 Å². The number of methoxy groups -OCH3 is 2. The number of carbonyl (C=O) groups excluding carboxylic acids is 1. The minimum Gasteiger partial charge on any atom is -0.496 e. The minimum atomic E-state index is -0.165. The van der Waals surface area contributed by atoms with Crippen molar-refractivity contribution < 1.29 is 14.3 Å². The van der Waals surface area contributed by atoms with Gasteiger partial charge in [0.15, 0.2) is 0 Å². The van der Waals surface area contributed by atoms with Crippen LogP contribution >= 0.6 is 0 Å². The standard InChI is InChI=1S/C21H23N3O3/c1-15-19(26-2)11-17(12-20(15)27-3)21(25)22-10-9-16-13-23-24(14-16)18-7-5-4-6-8-18/h4-8,11-14H,9-10H2,1-3H3,(H,22,25). The van der Waals surface area contributed by atoms with Gasteiger partial charge >= 0.3 is 0 Å². The Morgan fingerprint density at radius 3 is 2.41 bits per heavy atom. The molecule has 3 aromatic rings. The van der Waals surface area contributed by atoms with Crippen LogP contribution in [-0.4, -0.2) is 36.5 Å². The zero-order valence-electron chi connectivity index (χ0n) is 15.7. The number of aromatic nitrogens is 2. The van der Waals surface area contributed by atoms with Crippen molar-refractivity contribution in [2.45, 2.75) is 13.3 Å². The highest BCUT2D eigenvalue weighted by Gasteiger charge is 2.13. The molecule has 0 saturated carbocycles. The highest BCUT2D eigenvalue weighted by atomic mass is 16.5. The fourth-order valence-corrected chi connectivity index (χ4v) is 2.85. The van der Waals surface area contributed by atoms with Crippen molar-refractivity contribution in [3.63, 3.8) is 0 Å². The Kier molecular flexibility index (Phi) is 5.76. The number of nitrogens with zero attached hydrogens (tertiary/aromatic N) is 2. The van der Waals surface area contributed by atoms with Crippen LogP contribution in [0.3, 0.4) is 0 Å². The van der Waals surface area contributed by atoms with Crippen molar-refractivity contribution in [3.05, 3.63) is 71.5 Å². The van der Waals surface area contributed by atoms with Crippen LogP contribution < -0.4 is 14.8 Å². The van der Waals surface area contributed by atoms with Gasteiger partial charge in [-0.1, -0.05) is 18.2 Å². The largest absolute Gasteiger partial charge is 0.496 e. The molecule has 2 aromatic carbocycles. The second-order valence-corrected chi connectivity index (χ2v) is 6.14. The molecule has 6 nitrogen and oxygen atoms in total. The molecular formula is C21H23N3O3. The van der Waals surface area contributed by atoms with E-state index >= 15 is 0 Å². The molecule has 0 saturated heterocycles. The molecule has 1 heterocycles. The Balaban J connectivity index is 1.61. The number of rotatable bonds is 7. The Morgan fingerprint density at radius 2 is 1.78 bits per heavy atom. The van der Waals surface area contributed by atoms with E-state index in [0.29, 0.717) is 30.0 Å². The van der Waals surface area contributed by atoms with E-state index in [0.717, 1.165) is 16.8 Å². The molecule has 27 heavy (non-hydrogen) atoms. The summed E-state index contributed by atoms with van der Waals surface area (Å²) in [6.45, 7) is 2.40. The molecule has 0 atom stereocenters. The molecule has 140 valence electrons. The lowest BCUT2D eigenvalue weighted by atomic mass is 10.1. The predicted octanol–water partition coefficient (Wildman–Crippen LogP) is 3.17. The van der Waals surface area contributed by atoms with Crippen LogP contribution in [0.2, 0.25) is 0 Å². The second-order valence-electron chi connectivity index (χ2n) is 6.14. The van der Waals surface area contributed by atoms with E-state index in [9.17, 15) is 4.79 Å². The van der Waals surface area contributed by atoms with Gasteiger partial charge in [0.25, 0.3) is 5.91 Å². The van der Waals surface area contributed by atoms with Crippen molar-refractivity contribution in [1.82, 2.24) is 15.1 Å². The zero-order valence-corrected chi connectivity index (χ0v) is 15.7. The Labute approximate surface area is 158 Å². The van der Waals surface area contributed by atoms with Gasteiger partial charge in [-0.2, -0.15) is 5.10 Å². The molecule has 6 heteroatoms. The number of amides is 1. The topological polar surface area (TPSA) is 65.4 Å². The Bertz CT molecular complexity index is 894. The van der Waals surface area contributed by atoms with Gasteiger partial charge in [-0.25, -0.2) is 4.68 Å². The molecule has 1 aromatic heterocycles. The monoisotopic (exact) mass is 365 g/mol. The van der Waals surface area contributed by atoms with Crippen LogP contribution in [0, 0.1) is 6.92 Å². The number of carbonyl (C=O) groups is 1. The highest BCUT2D eigenvalue weighted by Crippen LogP contribution is 2.29. The SMILES string of the molecule is COc1cc(C(=O)NCCc2cnn(-c3ccccc3)c2)cc(OC)c1C. The fourth-order valence-electron chi connectivity index (χ4n) is 2.85. The number of hydrogen-bond donors (Lipinski definition) is 1. The van der Waals surface area contributed by atoms with Crippen molar-refractivity contribution in [2.24, 2.45) is 0 Å². The summed E-state index contributed by atoms with van der Waals surface area (Å²) in [6.07, 6.45) is 4.48. The molecule has 0 fully saturated rings. The number of benzene rings is 2. The van der Waals surface area contributed by atoms with E-state index in [2.05, 4.69) is 10.4 Å². The average molecular weight is 365 g/mol. The average Bonchev–Trinajstić information content (AvgIpc) is 3.17. The molecule has 0 spiro atoms. The number of ether oxygens (including phenoxy) is 2. The fraction of sp³-hybridized carbons (Fsp3) is 0.238. The summed E-state index contributed by atoms with van der Waals surface area (Å²) in [4.78, 5) is 12.5. The van der Waals surface area contributed by atoms with Gasteiger partial charge in [-0.05, 0) is 43.2 Å². The lowest BCUT2D eigenvalue weighted by molar-refractivity contribution is 0.0953. The first kappa shape index (κ1) is 18.5. The van der Waals surface area contributed by atoms with Crippen LogP contribution in [0.4, 0.5) is 0 Å². The summed E-state index contributed by atoms with van der Waals surface area (Å²) in [5, 5.41) is 7.30. The van der Waals surface area contributed by atoms with Crippen molar-refractivity contribution in [2.75, 3.05) is 20.8 Å². The number of para-hydroxylation sites is 1. The van der Waals surface area contributed by atoms with E-state index in [4.69, 9.17) is 9.47 Å². The summed E-state index contributed by atoms with van der Waals surface area (Å²) in [5.74, 6) is 1.09. The second kappa shape index (κ2) is 8.40. The third kappa shape index (κ3) is 4.28. The molecule has 1 N–H and O–H groups in total. The highest BCUT2D eigenvalue weighted by molar-refractivity contribution is 5.95. The van der Waals surface area contributed by atoms with E-state index < -0.39 is 0 Å². The van der Waals surface area contributed by atoms with Gasteiger partial charge in [0.2, 0.25) is 0 Å². The maximum absolute atomic E-state index is 12.5. The summed E-state index contributed by atoms with van der Waals surface area (Å²) >= 11 is 0. The summed E-state index contributed by atoms with van der Waals surface area (Å²) in [6, 6.07) is 13.4. The van der Waals surface area contributed by atoms with Gasteiger partial charge in [-0.3, -0.25) is 4.79 Å². The molecular weight excluding hydrogens is 342 g/mol. The van der Waals surface area contributed by atoms with Crippen LogP contribution in [0.15, 0.2) is 54.9 Å². The third-order valence-electron chi connectivity index (χ3n) is 4.37. The quantitative estimate of drug-likeness (QED) is 0.698. The molecule has 0 aliphatic rings. The predicted molar refractivity (Wildman–Crippen MR) is 104 cm³/mol. The first-order chi connectivity index (χ1) is 13.1.